The van der Waals surface area contributed by atoms with E-state index in [1.165, 1.54) is 12.8 Å². The first-order chi connectivity index (χ1) is 9.04. The van der Waals surface area contributed by atoms with Crippen LogP contribution in [0, 0.1) is 5.92 Å². The summed E-state index contributed by atoms with van der Waals surface area (Å²) in [5.74, 6) is 0.545. The van der Waals surface area contributed by atoms with Crippen LogP contribution in [0.4, 0.5) is 0 Å². The molecule has 2 atom stereocenters. The lowest BCUT2D eigenvalue weighted by atomic mass is 9.84. The van der Waals surface area contributed by atoms with Crippen molar-refractivity contribution in [2.75, 3.05) is 20.6 Å². The van der Waals surface area contributed by atoms with Gasteiger partial charge in [0.2, 0.25) is 11.8 Å². The maximum atomic E-state index is 11.8. The second kappa shape index (κ2) is 8.15. The van der Waals surface area contributed by atoms with Gasteiger partial charge in [0.15, 0.2) is 0 Å². The van der Waals surface area contributed by atoms with E-state index in [0.29, 0.717) is 31.7 Å². The van der Waals surface area contributed by atoms with Crippen LogP contribution < -0.4 is 11.1 Å². The Bertz CT molecular complexity index is 305. The largest absolute Gasteiger partial charge is 0.353 e. The molecule has 5 heteroatoms. The molecule has 0 aromatic carbocycles. The lowest BCUT2D eigenvalue weighted by Crippen LogP contribution is -2.44. The van der Waals surface area contributed by atoms with E-state index >= 15 is 0 Å². The molecule has 0 aromatic rings. The molecule has 1 aliphatic rings. The highest BCUT2D eigenvalue weighted by molar-refractivity contribution is 5.78. The summed E-state index contributed by atoms with van der Waals surface area (Å²) in [6.07, 6.45) is 6.00. The van der Waals surface area contributed by atoms with Crippen molar-refractivity contribution in [2.24, 2.45) is 11.7 Å². The number of nitrogens with two attached hydrogens (primary N) is 1. The van der Waals surface area contributed by atoms with Crippen molar-refractivity contribution in [3.05, 3.63) is 0 Å². The minimum atomic E-state index is 0.0527. The van der Waals surface area contributed by atoms with E-state index < -0.39 is 0 Å². The van der Waals surface area contributed by atoms with Crippen LogP contribution in [0.3, 0.4) is 0 Å². The van der Waals surface area contributed by atoms with Gasteiger partial charge in [-0.05, 0) is 31.7 Å². The van der Waals surface area contributed by atoms with E-state index in [-0.39, 0.29) is 17.9 Å². The highest BCUT2D eigenvalue weighted by Crippen LogP contribution is 2.23. The number of amides is 2. The molecule has 0 aliphatic heterocycles. The molecular weight excluding hydrogens is 242 g/mol. The van der Waals surface area contributed by atoms with Crippen LogP contribution in [0.5, 0.6) is 0 Å². The summed E-state index contributed by atoms with van der Waals surface area (Å²) in [5, 5.41) is 3.08. The number of nitrogens with zero attached hydrogens (tertiary/aromatic N) is 1. The van der Waals surface area contributed by atoms with Crippen LogP contribution in [0.1, 0.15) is 44.9 Å². The van der Waals surface area contributed by atoms with E-state index in [4.69, 9.17) is 5.73 Å². The zero-order valence-electron chi connectivity index (χ0n) is 12.2. The molecule has 5 nitrogen and oxygen atoms in total. The monoisotopic (exact) mass is 269 g/mol. The molecular formula is C14H27N3O2. The second-order valence-electron chi connectivity index (χ2n) is 5.60. The standard InChI is InChI=1S/C14H27N3O2/c1-17(2)14(19)9-5-8-13(18)16-12-7-4-3-6-11(12)10-15/h11-12H,3-10,15H2,1-2H3,(H,16,18). The lowest BCUT2D eigenvalue weighted by Gasteiger charge is -2.31. The minimum absolute atomic E-state index is 0.0527. The SMILES string of the molecule is CN(C)C(=O)CCCC(=O)NC1CCCCC1CN. The summed E-state index contributed by atoms with van der Waals surface area (Å²) in [7, 11) is 3.46. The Labute approximate surface area is 115 Å². The van der Waals surface area contributed by atoms with Crippen LogP contribution in [-0.2, 0) is 9.59 Å². The molecule has 110 valence electrons. The van der Waals surface area contributed by atoms with Crippen molar-refractivity contribution < 1.29 is 9.59 Å². The number of rotatable bonds is 6. The van der Waals surface area contributed by atoms with Gasteiger partial charge in [-0.3, -0.25) is 9.59 Å². The zero-order chi connectivity index (χ0) is 14.3. The molecule has 1 fully saturated rings. The Kier molecular flexibility index (Phi) is 6.84. The van der Waals surface area contributed by atoms with Gasteiger partial charge in [0, 0.05) is 33.0 Å². The molecule has 0 saturated heterocycles. The fourth-order valence-electron chi connectivity index (χ4n) is 2.58. The van der Waals surface area contributed by atoms with Gasteiger partial charge in [-0.1, -0.05) is 12.8 Å². The number of hydrogen-bond acceptors (Lipinski definition) is 3. The molecule has 0 bridgehead atoms. The van der Waals surface area contributed by atoms with Crippen molar-refractivity contribution in [3.63, 3.8) is 0 Å². The molecule has 19 heavy (non-hydrogen) atoms. The fourth-order valence-corrected chi connectivity index (χ4v) is 2.58. The quantitative estimate of drug-likeness (QED) is 0.751. The topological polar surface area (TPSA) is 75.4 Å². The van der Waals surface area contributed by atoms with Crippen LogP contribution in [0.2, 0.25) is 0 Å². The molecule has 2 unspecified atom stereocenters. The van der Waals surface area contributed by atoms with Gasteiger partial charge in [0.25, 0.3) is 0 Å². The van der Waals surface area contributed by atoms with Crippen molar-refractivity contribution in [1.29, 1.82) is 0 Å². The molecule has 2 amide bonds. The van der Waals surface area contributed by atoms with Crippen LogP contribution in [-0.4, -0.2) is 43.4 Å². The van der Waals surface area contributed by atoms with Crippen molar-refractivity contribution in [3.8, 4) is 0 Å². The average Bonchev–Trinajstić information content (AvgIpc) is 2.39. The van der Waals surface area contributed by atoms with E-state index in [1.807, 2.05) is 0 Å². The second-order valence-corrected chi connectivity index (χ2v) is 5.60. The first-order valence-electron chi connectivity index (χ1n) is 7.24. The number of hydrogen-bond donors (Lipinski definition) is 2. The van der Waals surface area contributed by atoms with Gasteiger partial charge in [-0.2, -0.15) is 0 Å². The average molecular weight is 269 g/mol. The summed E-state index contributed by atoms with van der Waals surface area (Å²) in [6.45, 7) is 0.643. The van der Waals surface area contributed by atoms with Gasteiger partial charge >= 0.3 is 0 Å². The molecule has 0 heterocycles. The maximum absolute atomic E-state index is 11.8. The van der Waals surface area contributed by atoms with Crippen LogP contribution in [0.15, 0.2) is 0 Å². The lowest BCUT2D eigenvalue weighted by molar-refractivity contribution is -0.129. The third kappa shape index (κ3) is 5.59. The van der Waals surface area contributed by atoms with E-state index in [0.717, 1.165) is 12.8 Å². The predicted molar refractivity (Wildman–Crippen MR) is 75.5 cm³/mol. The minimum Gasteiger partial charge on any atom is -0.353 e. The zero-order valence-corrected chi connectivity index (χ0v) is 12.2. The molecule has 3 N–H and O–H groups in total. The van der Waals surface area contributed by atoms with Crippen molar-refractivity contribution in [2.45, 2.75) is 51.0 Å². The highest BCUT2D eigenvalue weighted by atomic mass is 16.2. The molecule has 1 aliphatic carbocycles. The van der Waals surface area contributed by atoms with Gasteiger partial charge < -0.3 is 16.0 Å². The van der Waals surface area contributed by atoms with Crippen LogP contribution >= 0.6 is 0 Å². The third-order valence-electron chi connectivity index (χ3n) is 3.85. The molecule has 1 rings (SSSR count). The van der Waals surface area contributed by atoms with Gasteiger partial charge in [0.1, 0.15) is 0 Å². The first-order valence-corrected chi connectivity index (χ1v) is 7.24. The summed E-state index contributed by atoms with van der Waals surface area (Å²) in [6, 6.07) is 0.232. The summed E-state index contributed by atoms with van der Waals surface area (Å²) < 4.78 is 0. The van der Waals surface area contributed by atoms with Gasteiger partial charge in [0.05, 0.1) is 0 Å². The highest BCUT2D eigenvalue weighted by Gasteiger charge is 2.25. The summed E-state index contributed by atoms with van der Waals surface area (Å²) in [5.41, 5.74) is 5.74. The molecule has 0 radical (unpaired) electrons. The Balaban J connectivity index is 2.24. The predicted octanol–water partition coefficient (Wildman–Crippen LogP) is 0.879. The van der Waals surface area contributed by atoms with Crippen LogP contribution in [0.25, 0.3) is 0 Å². The van der Waals surface area contributed by atoms with E-state index in [9.17, 15) is 9.59 Å². The fraction of sp³-hybridized carbons (Fsp3) is 0.857. The Morgan fingerprint density at radius 2 is 1.89 bits per heavy atom. The molecule has 0 spiro atoms. The maximum Gasteiger partial charge on any atom is 0.222 e. The van der Waals surface area contributed by atoms with E-state index in [1.54, 1.807) is 19.0 Å². The number of carbonyl (C=O) groups excluding carboxylic acids is 2. The van der Waals surface area contributed by atoms with E-state index in [2.05, 4.69) is 5.32 Å². The smallest absolute Gasteiger partial charge is 0.222 e. The summed E-state index contributed by atoms with van der Waals surface area (Å²) >= 11 is 0. The Morgan fingerprint density at radius 1 is 1.21 bits per heavy atom. The number of carbonyl (C=O) groups is 2. The van der Waals surface area contributed by atoms with Gasteiger partial charge in [-0.15, -0.1) is 0 Å². The normalized spacial score (nSPS) is 22.9. The Morgan fingerprint density at radius 3 is 2.53 bits per heavy atom. The van der Waals surface area contributed by atoms with Crippen molar-refractivity contribution in [1.82, 2.24) is 10.2 Å². The number of nitrogens with one attached hydrogen (secondary N) is 1. The molecule has 0 aromatic heterocycles. The Hall–Kier alpha value is -1.10. The van der Waals surface area contributed by atoms with Gasteiger partial charge in [-0.25, -0.2) is 0 Å². The summed E-state index contributed by atoms with van der Waals surface area (Å²) in [4.78, 5) is 24.8. The first kappa shape index (κ1) is 16.0. The van der Waals surface area contributed by atoms with Crippen molar-refractivity contribution >= 4 is 11.8 Å². The third-order valence-corrected chi connectivity index (χ3v) is 3.85. The molecule has 1 saturated carbocycles.